The van der Waals surface area contributed by atoms with Gasteiger partial charge < -0.3 is 5.73 Å². The number of nitriles is 1. The van der Waals surface area contributed by atoms with Gasteiger partial charge in [0.15, 0.2) is 0 Å². The minimum absolute atomic E-state index is 0.729. The summed E-state index contributed by atoms with van der Waals surface area (Å²) in [4.78, 5) is 1.82. The quantitative estimate of drug-likeness (QED) is 0.741. The van der Waals surface area contributed by atoms with Gasteiger partial charge >= 0.3 is 0 Å². The second kappa shape index (κ2) is 3.76. The molecule has 15 heavy (non-hydrogen) atoms. The highest BCUT2D eigenvalue weighted by Gasteiger charge is 2.05. The molecule has 0 aliphatic rings. The Balaban J connectivity index is 2.54. The summed E-state index contributed by atoms with van der Waals surface area (Å²) in [5, 5.41) is 8.76. The standard InChI is InChI=1S/C12H10N2S/c1-8-2-3-9(14)6-11(8)12-5-4-10(7-13)15-12/h2-6H,14H2,1H3. The lowest BCUT2D eigenvalue weighted by molar-refractivity contribution is 1.48. The molecular formula is C12H10N2S. The molecule has 0 amide bonds. The lowest BCUT2D eigenvalue weighted by Gasteiger charge is -2.03. The number of nitrogens with zero attached hydrogens (tertiary/aromatic N) is 1. The molecule has 0 spiro atoms. The number of thiophene rings is 1. The summed E-state index contributed by atoms with van der Waals surface area (Å²) in [7, 11) is 0. The number of nitrogens with two attached hydrogens (primary N) is 1. The second-order valence-corrected chi connectivity index (χ2v) is 4.43. The molecular weight excluding hydrogens is 204 g/mol. The van der Waals surface area contributed by atoms with Crippen molar-refractivity contribution >= 4 is 17.0 Å². The van der Waals surface area contributed by atoms with Crippen LogP contribution >= 0.6 is 11.3 Å². The maximum absolute atomic E-state index is 8.76. The van der Waals surface area contributed by atoms with Gasteiger partial charge in [-0.05, 0) is 42.3 Å². The molecule has 0 fully saturated rings. The third-order valence-electron chi connectivity index (χ3n) is 2.24. The van der Waals surface area contributed by atoms with Crippen LogP contribution in [0.5, 0.6) is 0 Å². The smallest absolute Gasteiger partial charge is 0.110 e. The van der Waals surface area contributed by atoms with E-state index in [4.69, 9.17) is 11.0 Å². The average molecular weight is 214 g/mol. The normalized spacial score (nSPS) is 9.87. The van der Waals surface area contributed by atoms with Crippen molar-refractivity contribution in [3.05, 3.63) is 40.8 Å². The fraction of sp³-hybridized carbons (Fsp3) is 0.0833. The Morgan fingerprint density at radius 3 is 2.73 bits per heavy atom. The van der Waals surface area contributed by atoms with Crippen LogP contribution in [0.15, 0.2) is 30.3 Å². The summed E-state index contributed by atoms with van der Waals surface area (Å²) < 4.78 is 0. The van der Waals surface area contributed by atoms with Crippen molar-refractivity contribution in [2.45, 2.75) is 6.92 Å². The first-order valence-corrected chi connectivity index (χ1v) is 5.39. The topological polar surface area (TPSA) is 49.8 Å². The van der Waals surface area contributed by atoms with Crippen molar-refractivity contribution in [2.75, 3.05) is 5.73 Å². The number of hydrogen-bond acceptors (Lipinski definition) is 3. The SMILES string of the molecule is Cc1ccc(N)cc1-c1ccc(C#N)s1. The second-order valence-electron chi connectivity index (χ2n) is 3.35. The van der Waals surface area contributed by atoms with Crippen LogP contribution in [0.4, 0.5) is 5.69 Å². The summed E-state index contributed by atoms with van der Waals surface area (Å²) in [5.41, 5.74) is 8.79. The van der Waals surface area contributed by atoms with E-state index in [2.05, 4.69) is 6.07 Å². The van der Waals surface area contributed by atoms with Crippen molar-refractivity contribution < 1.29 is 0 Å². The molecule has 0 saturated heterocycles. The Hall–Kier alpha value is -1.79. The lowest BCUT2D eigenvalue weighted by atomic mass is 10.1. The molecule has 3 heteroatoms. The fourth-order valence-electron chi connectivity index (χ4n) is 1.45. The third-order valence-corrected chi connectivity index (χ3v) is 3.27. The molecule has 1 aromatic carbocycles. The van der Waals surface area contributed by atoms with E-state index < -0.39 is 0 Å². The molecule has 1 aromatic heterocycles. The zero-order valence-corrected chi connectivity index (χ0v) is 9.14. The zero-order valence-electron chi connectivity index (χ0n) is 8.32. The maximum Gasteiger partial charge on any atom is 0.110 e. The number of nitrogen functional groups attached to an aromatic ring is 1. The molecule has 2 aromatic rings. The van der Waals surface area contributed by atoms with Crippen LogP contribution in [0, 0.1) is 18.3 Å². The summed E-state index contributed by atoms with van der Waals surface area (Å²) in [6.07, 6.45) is 0. The highest BCUT2D eigenvalue weighted by molar-refractivity contribution is 7.16. The Labute approximate surface area is 92.6 Å². The van der Waals surface area contributed by atoms with E-state index in [1.165, 1.54) is 16.9 Å². The highest BCUT2D eigenvalue weighted by Crippen LogP contribution is 2.31. The molecule has 0 aliphatic heterocycles. The molecule has 1 heterocycles. The molecule has 0 unspecified atom stereocenters. The van der Waals surface area contributed by atoms with Crippen molar-refractivity contribution in [3.8, 4) is 16.5 Å². The monoisotopic (exact) mass is 214 g/mol. The van der Waals surface area contributed by atoms with Gasteiger partial charge in [0.2, 0.25) is 0 Å². The van der Waals surface area contributed by atoms with Gasteiger partial charge in [-0.2, -0.15) is 5.26 Å². The Bertz CT molecular complexity index is 535. The van der Waals surface area contributed by atoms with E-state index in [0.717, 1.165) is 21.0 Å². The molecule has 2 N–H and O–H groups in total. The van der Waals surface area contributed by atoms with E-state index >= 15 is 0 Å². The summed E-state index contributed by atoms with van der Waals surface area (Å²) in [6, 6.07) is 11.8. The number of rotatable bonds is 1. The van der Waals surface area contributed by atoms with Crippen LogP contribution in [-0.4, -0.2) is 0 Å². The molecule has 74 valence electrons. The van der Waals surface area contributed by atoms with Crippen LogP contribution in [-0.2, 0) is 0 Å². The van der Waals surface area contributed by atoms with Gasteiger partial charge in [-0.1, -0.05) is 6.07 Å². The summed E-state index contributed by atoms with van der Waals surface area (Å²) in [6.45, 7) is 2.04. The number of hydrogen-bond donors (Lipinski definition) is 1. The van der Waals surface area contributed by atoms with E-state index in [9.17, 15) is 0 Å². The van der Waals surface area contributed by atoms with Crippen LogP contribution < -0.4 is 5.73 Å². The van der Waals surface area contributed by atoms with Crippen molar-refractivity contribution in [3.63, 3.8) is 0 Å². The predicted octanol–water partition coefficient (Wildman–Crippen LogP) is 3.18. The van der Waals surface area contributed by atoms with Gasteiger partial charge in [-0.3, -0.25) is 0 Å². The molecule has 0 saturated carbocycles. The molecule has 2 rings (SSSR count). The first-order valence-electron chi connectivity index (χ1n) is 4.57. The largest absolute Gasteiger partial charge is 0.399 e. The van der Waals surface area contributed by atoms with Gasteiger partial charge in [0.05, 0.1) is 0 Å². The van der Waals surface area contributed by atoms with Crippen molar-refractivity contribution in [1.29, 1.82) is 5.26 Å². The van der Waals surface area contributed by atoms with Crippen molar-refractivity contribution in [2.24, 2.45) is 0 Å². The third kappa shape index (κ3) is 1.85. The van der Waals surface area contributed by atoms with Crippen molar-refractivity contribution in [1.82, 2.24) is 0 Å². The summed E-state index contributed by atoms with van der Waals surface area (Å²) in [5.74, 6) is 0. The van der Waals surface area contributed by atoms with E-state index in [-0.39, 0.29) is 0 Å². The van der Waals surface area contributed by atoms with Crippen LogP contribution in [0.3, 0.4) is 0 Å². The zero-order chi connectivity index (χ0) is 10.8. The number of anilines is 1. The molecule has 0 atom stereocenters. The van der Waals surface area contributed by atoms with Gasteiger partial charge in [0.25, 0.3) is 0 Å². The fourth-order valence-corrected chi connectivity index (χ4v) is 2.33. The average Bonchev–Trinajstić information content (AvgIpc) is 2.70. The number of benzene rings is 1. The summed E-state index contributed by atoms with van der Waals surface area (Å²) >= 11 is 1.49. The predicted molar refractivity (Wildman–Crippen MR) is 63.6 cm³/mol. The van der Waals surface area contributed by atoms with Gasteiger partial charge in [-0.15, -0.1) is 11.3 Å². The first kappa shape index (κ1) is 9.75. The molecule has 0 bridgehead atoms. The maximum atomic E-state index is 8.76. The van der Waals surface area contributed by atoms with E-state index in [1.807, 2.05) is 37.3 Å². The van der Waals surface area contributed by atoms with E-state index in [0.29, 0.717) is 0 Å². The molecule has 0 aliphatic carbocycles. The Morgan fingerprint density at radius 2 is 2.07 bits per heavy atom. The lowest BCUT2D eigenvalue weighted by Crippen LogP contribution is -1.86. The Kier molecular flexibility index (Phi) is 2.44. The van der Waals surface area contributed by atoms with Crippen LogP contribution in [0.1, 0.15) is 10.4 Å². The van der Waals surface area contributed by atoms with E-state index in [1.54, 1.807) is 0 Å². The minimum atomic E-state index is 0.729. The van der Waals surface area contributed by atoms with Gasteiger partial charge in [0, 0.05) is 10.6 Å². The van der Waals surface area contributed by atoms with Gasteiger partial charge in [-0.25, -0.2) is 0 Å². The Morgan fingerprint density at radius 1 is 1.27 bits per heavy atom. The van der Waals surface area contributed by atoms with Crippen LogP contribution in [0.2, 0.25) is 0 Å². The minimum Gasteiger partial charge on any atom is -0.399 e. The first-order chi connectivity index (χ1) is 7.20. The number of aryl methyl sites for hydroxylation is 1. The highest BCUT2D eigenvalue weighted by atomic mass is 32.1. The van der Waals surface area contributed by atoms with Crippen LogP contribution in [0.25, 0.3) is 10.4 Å². The molecule has 2 nitrogen and oxygen atoms in total. The molecule has 0 radical (unpaired) electrons. The van der Waals surface area contributed by atoms with Gasteiger partial charge in [0.1, 0.15) is 10.9 Å².